The molecule has 0 unspecified atom stereocenters. The zero-order valence-corrected chi connectivity index (χ0v) is 11.4. The summed E-state index contributed by atoms with van der Waals surface area (Å²) in [7, 11) is 0. The highest BCUT2D eigenvalue weighted by Crippen LogP contribution is 2.40. The van der Waals surface area contributed by atoms with Gasteiger partial charge in [0.25, 0.3) is 0 Å². The van der Waals surface area contributed by atoms with Crippen LogP contribution in [0.1, 0.15) is 59.8 Å². The molecule has 1 fully saturated rings. The summed E-state index contributed by atoms with van der Waals surface area (Å²) in [6, 6.07) is 0.638. The summed E-state index contributed by atoms with van der Waals surface area (Å²) in [5, 5.41) is 12.7. The zero-order valence-electron chi connectivity index (χ0n) is 11.4. The molecule has 0 spiro atoms. The highest BCUT2D eigenvalue weighted by atomic mass is 16.3. The van der Waals surface area contributed by atoms with Gasteiger partial charge in [0.1, 0.15) is 0 Å². The van der Waals surface area contributed by atoms with Crippen molar-refractivity contribution in [2.75, 3.05) is 6.54 Å². The zero-order chi connectivity index (χ0) is 12.2. The summed E-state index contributed by atoms with van der Waals surface area (Å²) in [5.41, 5.74) is 0.509. The second kappa shape index (κ2) is 6.02. The summed E-state index contributed by atoms with van der Waals surface area (Å²) in [5.74, 6) is 0.891. The molecular formula is C14H29NO. The van der Waals surface area contributed by atoms with Crippen LogP contribution in [0, 0.1) is 11.3 Å². The van der Waals surface area contributed by atoms with Crippen LogP contribution in [0.25, 0.3) is 0 Å². The molecule has 0 bridgehead atoms. The van der Waals surface area contributed by atoms with E-state index in [1.807, 2.05) is 6.92 Å². The Morgan fingerprint density at radius 1 is 1.25 bits per heavy atom. The minimum atomic E-state index is -0.218. The molecule has 0 aromatic rings. The number of aliphatic hydroxyl groups excluding tert-OH is 1. The molecule has 0 heterocycles. The van der Waals surface area contributed by atoms with Crippen LogP contribution in [0.3, 0.4) is 0 Å². The molecule has 2 nitrogen and oxygen atoms in total. The van der Waals surface area contributed by atoms with E-state index in [9.17, 15) is 5.11 Å². The standard InChI is InChI=1S/C14H29NO/c1-5-14(3,4)12-6-8-13(9-7-12)15-10-11(2)16/h11-13,15-16H,5-10H2,1-4H3/t11-,12?,13?/m0/s1. The van der Waals surface area contributed by atoms with E-state index >= 15 is 0 Å². The molecule has 0 aromatic carbocycles. The van der Waals surface area contributed by atoms with Crippen molar-refractivity contribution in [1.82, 2.24) is 5.32 Å². The smallest absolute Gasteiger partial charge is 0.0636 e. The summed E-state index contributed by atoms with van der Waals surface area (Å²) in [6.45, 7) is 9.70. The molecule has 0 aliphatic heterocycles. The fraction of sp³-hybridized carbons (Fsp3) is 1.00. The van der Waals surface area contributed by atoms with Gasteiger partial charge < -0.3 is 10.4 Å². The number of hydrogen-bond acceptors (Lipinski definition) is 2. The van der Waals surface area contributed by atoms with Crippen molar-refractivity contribution in [3.8, 4) is 0 Å². The van der Waals surface area contributed by atoms with Crippen LogP contribution < -0.4 is 5.32 Å². The van der Waals surface area contributed by atoms with E-state index in [-0.39, 0.29) is 6.10 Å². The van der Waals surface area contributed by atoms with E-state index in [2.05, 4.69) is 26.1 Å². The number of hydrogen-bond donors (Lipinski definition) is 2. The maximum Gasteiger partial charge on any atom is 0.0636 e. The van der Waals surface area contributed by atoms with Crippen molar-refractivity contribution in [2.24, 2.45) is 11.3 Å². The van der Waals surface area contributed by atoms with E-state index < -0.39 is 0 Å². The van der Waals surface area contributed by atoms with Crippen molar-refractivity contribution in [3.63, 3.8) is 0 Å². The molecule has 2 N–H and O–H groups in total. The van der Waals surface area contributed by atoms with E-state index in [0.29, 0.717) is 11.5 Å². The van der Waals surface area contributed by atoms with Crippen molar-refractivity contribution in [2.45, 2.75) is 71.9 Å². The minimum Gasteiger partial charge on any atom is -0.392 e. The summed E-state index contributed by atoms with van der Waals surface area (Å²) < 4.78 is 0. The van der Waals surface area contributed by atoms with Crippen LogP contribution in [0.5, 0.6) is 0 Å². The average Bonchev–Trinajstić information content (AvgIpc) is 2.27. The Labute approximate surface area is 101 Å². The molecular weight excluding hydrogens is 198 g/mol. The topological polar surface area (TPSA) is 32.3 Å². The third-order valence-electron chi connectivity index (χ3n) is 4.45. The molecule has 1 aliphatic rings. The lowest BCUT2D eigenvalue weighted by Crippen LogP contribution is -2.39. The first-order valence-corrected chi connectivity index (χ1v) is 6.87. The lowest BCUT2D eigenvalue weighted by atomic mass is 9.69. The van der Waals surface area contributed by atoms with Gasteiger partial charge in [-0.05, 0) is 43.9 Å². The Kier molecular flexibility index (Phi) is 5.26. The summed E-state index contributed by atoms with van der Waals surface area (Å²) in [6.07, 6.45) is 6.31. The molecule has 1 rings (SSSR count). The highest BCUT2D eigenvalue weighted by Gasteiger charge is 2.31. The predicted octanol–water partition coefficient (Wildman–Crippen LogP) is 2.95. The van der Waals surface area contributed by atoms with Gasteiger partial charge in [0.05, 0.1) is 6.10 Å². The van der Waals surface area contributed by atoms with E-state index in [1.165, 1.54) is 32.1 Å². The van der Waals surface area contributed by atoms with Crippen molar-refractivity contribution < 1.29 is 5.11 Å². The van der Waals surface area contributed by atoms with Gasteiger partial charge in [-0.2, -0.15) is 0 Å². The average molecular weight is 227 g/mol. The van der Waals surface area contributed by atoms with Crippen LogP contribution >= 0.6 is 0 Å². The Morgan fingerprint density at radius 3 is 2.25 bits per heavy atom. The third kappa shape index (κ3) is 4.06. The minimum absolute atomic E-state index is 0.218. The maximum atomic E-state index is 9.24. The van der Waals surface area contributed by atoms with E-state index in [4.69, 9.17) is 0 Å². The number of rotatable bonds is 5. The second-order valence-electron chi connectivity index (χ2n) is 6.15. The highest BCUT2D eigenvalue weighted by molar-refractivity contribution is 4.85. The van der Waals surface area contributed by atoms with Crippen LogP contribution in [0.4, 0.5) is 0 Å². The maximum absolute atomic E-state index is 9.24. The van der Waals surface area contributed by atoms with Gasteiger partial charge in [-0.15, -0.1) is 0 Å². The van der Waals surface area contributed by atoms with Gasteiger partial charge in [0.15, 0.2) is 0 Å². The predicted molar refractivity (Wildman–Crippen MR) is 69.5 cm³/mol. The van der Waals surface area contributed by atoms with E-state index in [0.717, 1.165) is 12.5 Å². The van der Waals surface area contributed by atoms with Gasteiger partial charge in [-0.1, -0.05) is 27.2 Å². The molecule has 1 saturated carbocycles. The molecule has 96 valence electrons. The third-order valence-corrected chi connectivity index (χ3v) is 4.45. The Bertz CT molecular complexity index is 193. The molecule has 0 saturated heterocycles. The first-order valence-electron chi connectivity index (χ1n) is 6.87. The fourth-order valence-electron chi connectivity index (χ4n) is 2.70. The van der Waals surface area contributed by atoms with Crippen molar-refractivity contribution >= 4 is 0 Å². The molecule has 0 aromatic heterocycles. The first kappa shape index (κ1) is 14.0. The summed E-state index contributed by atoms with van der Waals surface area (Å²) in [4.78, 5) is 0. The summed E-state index contributed by atoms with van der Waals surface area (Å²) >= 11 is 0. The molecule has 1 atom stereocenters. The van der Waals surface area contributed by atoms with Gasteiger partial charge in [0, 0.05) is 12.6 Å². The second-order valence-corrected chi connectivity index (χ2v) is 6.15. The fourth-order valence-corrected chi connectivity index (χ4v) is 2.70. The lowest BCUT2D eigenvalue weighted by Gasteiger charge is -2.39. The lowest BCUT2D eigenvalue weighted by molar-refractivity contribution is 0.128. The first-order chi connectivity index (χ1) is 7.45. The van der Waals surface area contributed by atoms with E-state index in [1.54, 1.807) is 0 Å². The van der Waals surface area contributed by atoms with Crippen LogP contribution in [0.2, 0.25) is 0 Å². The van der Waals surface area contributed by atoms with Gasteiger partial charge in [-0.3, -0.25) is 0 Å². The van der Waals surface area contributed by atoms with Crippen molar-refractivity contribution in [3.05, 3.63) is 0 Å². The van der Waals surface area contributed by atoms with Gasteiger partial charge in [-0.25, -0.2) is 0 Å². The van der Waals surface area contributed by atoms with Crippen molar-refractivity contribution in [1.29, 1.82) is 0 Å². The molecule has 2 heteroatoms. The normalized spacial score (nSPS) is 29.1. The molecule has 0 amide bonds. The van der Waals surface area contributed by atoms with Crippen LogP contribution in [0.15, 0.2) is 0 Å². The largest absolute Gasteiger partial charge is 0.392 e. The Hall–Kier alpha value is -0.0800. The van der Waals surface area contributed by atoms with Crippen LogP contribution in [-0.4, -0.2) is 23.8 Å². The number of nitrogens with one attached hydrogen (secondary N) is 1. The van der Waals surface area contributed by atoms with Crippen LogP contribution in [-0.2, 0) is 0 Å². The van der Waals surface area contributed by atoms with Gasteiger partial charge >= 0.3 is 0 Å². The Morgan fingerprint density at radius 2 is 1.81 bits per heavy atom. The molecule has 16 heavy (non-hydrogen) atoms. The molecule has 0 radical (unpaired) electrons. The Balaban J connectivity index is 2.28. The molecule has 1 aliphatic carbocycles. The quantitative estimate of drug-likeness (QED) is 0.757. The SMILES string of the molecule is CCC(C)(C)C1CCC(NC[C@H](C)O)CC1. The monoisotopic (exact) mass is 227 g/mol. The number of aliphatic hydroxyl groups is 1. The van der Waals surface area contributed by atoms with Gasteiger partial charge in [0.2, 0.25) is 0 Å².